The molecule has 4 heteroatoms. The SMILES string of the molecule is CCc1ccc(C(=O)COC(=O)/C=C/c2cccc(OC)c2)cc1. The number of hydrogen-bond acceptors (Lipinski definition) is 4. The van der Waals surface area contributed by atoms with E-state index in [-0.39, 0.29) is 12.4 Å². The lowest BCUT2D eigenvalue weighted by molar-refractivity contribution is -0.136. The number of carbonyl (C=O) groups excluding carboxylic acids is 2. The van der Waals surface area contributed by atoms with Crippen molar-refractivity contribution in [1.29, 1.82) is 0 Å². The molecule has 0 spiro atoms. The number of hydrogen-bond donors (Lipinski definition) is 0. The molecule has 0 aliphatic heterocycles. The van der Waals surface area contributed by atoms with Gasteiger partial charge in [0.25, 0.3) is 0 Å². The Morgan fingerprint density at radius 1 is 1.08 bits per heavy atom. The molecular weight excluding hydrogens is 304 g/mol. The number of aryl methyl sites for hydroxylation is 1. The van der Waals surface area contributed by atoms with Crippen LogP contribution in [-0.2, 0) is 16.0 Å². The van der Waals surface area contributed by atoms with Gasteiger partial charge in [-0.3, -0.25) is 4.79 Å². The summed E-state index contributed by atoms with van der Waals surface area (Å²) >= 11 is 0. The Hall–Kier alpha value is -2.88. The predicted octanol–water partition coefficient (Wildman–Crippen LogP) is 3.70. The zero-order valence-corrected chi connectivity index (χ0v) is 13.8. The number of esters is 1. The van der Waals surface area contributed by atoms with Gasteiger partial charge >= 0.3 is 5.97 Å². The second kappa shape index (κ2) is 8.67. The number of benzene rings is 2. The lowest BCUT2D eigenvalue weighted by Crippen LogP contribution is -2.12. The van der Waals surface area contributed by atoms with Gasteiger partial charge in [-0.2, -0.15) is 0 Å². The molecule has 0 saturated carbocycles. The summed E-state index contributed by atoms with van der Waals surface area (Å²) in [7, 11) is 1.58. The normalized spacial score (nSPS) is 10.6. The van der Waals surface area contributed by atoms with E-state index in [1.807, 2.05) is 37.3 Å². The molecule has 2 rings (SSSR count). The Kier molecular flexibility index (Phi) is 6.32. The fourth-order valence-electron chi connectivity index (χ4n) is 2.10. The van der Waals surface area contributed by atoms with Crippen molar-refractivity contribution in [3.63, 3.8) is 0 Å². The average Bonchev–Trinajstić information content (AvgIpc) is 2.64. The van der Waals surface area contributed by atoms with E-state index in [9.17, 15) is 9.59 Å². The molecule has 0 bridgehead atoms. The van der Waals surface area contributed by atoms with Crippen LogP contribution in [0.2, 0.25) is 0 Å². The summed E-state index contributed by atoms with van der Waals surface area (Å²) in [5, 5.41) is 0. The Morgan fingerprint density at radius 2 is 1.83 bits per heavy atom. The van der Waals surface area contributed by atoms with Gasteiger partial charge in [0.05, 0.1) is 7.11 Å². The molecule has 0 N–H and O–H groups in total. The first-order valence-corrected chi connectivity index (χ1v) is 7.73. The number of ketones is 1. The maximum atomic E-state index is 12.0. The van der Waals surface area contributed by atoms with Crippen LogP contribution in [0.4, 0.5) is 0 Å². The predicted molar refractivity (Wildman–Crippen MR) is 93.1 cm³/mol. The molecule has 124 valence electrons. The van der Waals surface area contributed by atoms with Gasteiger partial charge in [-0.15, -0.1) is 0 Å². The third kappa shape index (κ3) is 5.09. The van der Waals surface area contributed by atoms with Crippen molar-refractivity contribution in [3.05, 3.63) is 71.3 Å². The minimum atomic E-state index is -0.559. The smallest absolute Gasteiger partial charge is 0.331 e. The summed E-state index contributed by atoms with van der Waals surface area (Å²) in [6.07, 6.45) is 3.83. The van der Waals surface area contributed by atoms with Crippen molar-refractivity contribution < 1.29 is 19.1 Å². The van der Waals surface area contributed by atoms with Gasteiger partial charge in [-0.25, -0.2) is 4.79 Å². The molecular formula is C20H20O4. The van der Waals surface area contributed by atoms with Crippen molar-refractivity contribution in [1.82, 2.24) is 0 Å². The highest BCUT2D eigenvalue weighted by Crippen LogP contribution is 2.13. The third-order valence-corrected chi connectivity index (χ3v) is 3.54. The highest BCUT2D eigenvalue weighted by molar-refractivity contribution is 5.98. The standard InChI is InChI=1S/C20H20O4/c1-3-15-7-10-17(11-8-15)19(21)14-24-20(22)12-9-16-5-4-6-18(13-16)23-2/h4-13H,3,14H2,1-2H3/b12-9+. The number of methoxy groups -OCH3 is 1. The summed E-state index contributed by atoms with van der Waals surface area (Å²) in [5.74, 6) is -0.0756. The van der Waals surface area contributed by atoms with Crippen molar-refractivity contribution >= 4 is 17.8 Å². The molecule has 0 atom stereocenters. The first kappa shape index (κ1) is 17.5. The van der Waals surface area contributed by atoms with Crippen LogP contribution in [0.3, 0.4) is 0 Å². The van der Waals surface area contributed by atoms with Crippen LogP contribution in [0.15, 0.2) is 54.6 Å². The van der Waals surface area contributed by atoms with E-state index < -0.39 is 5.97 Å². The van der Waals surface area contributed by atoms with E-state index in [2.05, 4.69) is 0 Å². The molecule has 0 fully saturated rings. The van der Waals surface area contributed by atoms with Crippen molar-refractivity contribution in [3.8, 4) is 5.75 Å². The average molecular weight is 324 g/mol. The molecule has 2 aromatic rings. The Balaban J connectivity index is 1.87. The molecule has 0 saturated heterocycles. The fourth-order valence-corrected chi connectivity index (χ4v) is 2.10. The minimum absolute atomic E-state index is 0.221. The van der Waals surface area contributed by atoms with E-state index in [0.717, 1.165) is 17.5 Å². The van der Waals surface area contributed by atoms with Crippen LogP contribution in [0.5, 0.6) is 5.75 Å². The molecule has 0 heterocycles. The topological polar surface area (TPSA) is 52.6 Å². The number of carbonyl (C=O) groups is 2. The molecule has 0 aliphatic carbocycles. The Labute approximate surface area is 141 Å². The summed E-state index contributed by atoms with van der Waals surface area (Å²) in [6, 6.07) is 14.6. The Morgan fingerprint density at radius 3 is 2.50 bits per heavy atom. The van der Waals surface area contributed by atoms with Crippen LogP contribution in [0.25, 0.3) is 6.08 Å². The molecule has 0 aliphatic rings. The third-order valence-electron chi connectivity index (χ3n) is 3.54. The van der Waals surface area contributed by atoms with Crippen molar-refractivity contribution in [2.75, 3.05) is 13.7 Å². The molecule has 0 radical (unpaired) electrons. The molecule has 24 heavy (non-hydrogen) atoms. The number of Topliss-reactive ketones (excluding diaryl/α,β-unsaturated/α-hetero) is 1. The molecule has 0 aromatic heterocycles. The highest BCUT2D eigenvalue weighted by atomic mass is 16.5. The molecule has 0 amide bonds. The molecule has 2 aromatic carbocycles. The fraction of sp³-hybridized carbons (Fsp3) is 0.200. The van der Waals surface area contributed by atoms with E-state index >= 15 is 0 Å². The molecule has 0 unspecified atom stereocenters. The van der Waals surface area contributed by atoms with Crippen LogP contribution < -0.4 is 4.74 Å². The monoisotopic (exact) mass is 324 g/mol. The van der Waals surface area contributed by atoms with E-state index in [0.29, 0.717) is 11.3 Å². The van der Waals surface area contributed by atoms with Crippen LogP contribution >= 0.6 is 0 Å². The summed E-state index contributed by atoms with van der Waals surface area (Å²) in [5.41, 5.74) is 2.51. The van der Waals surface area contributed by atoms with Gasteiger partial charge in [0, 0.05) is 11.6 Å². The van der Waals surface area contributed by atoms with Crippen molar-refractivity contribution in [2.24, 2.45) is 0 Å². The van der Waals surface area contributed by atoms with E-state index in [1.54, 1.807) is 31.4 Å². The first-order valence-electron chi connectivity index (χ1n) is 7.73. The van der Waals surface area contributed by atoms with E-state index in [1.165, 1.54) is 6.08 Å². The van der Waals surface area contributed by atoms with Gasteiger partial charge in [-0.1, -0.05) is 43.3 Å². The summed E-state index contributed by atoms with van der Waals surface area (Å²) in [4.78, 5) is 23.7. The lowest BCUT2D eigenvalue weighted by Gasteiger charge is -2.03. The van der Waals surface area contributed by atoms with Crippen molar-refractivity contribution in [2.45, 2.75) is 13.3 Å². The first-order chi connectivity index (χ1) is 11.6. The van der Waals surface area contributed by atoms with Crippen LogP contribution in [0, 0.1) is 0 Å². The van der Waals surface area contributed by atoms with Gasteiger partial charge in [0.2, 0.25) is 0 Å². The van der Waals surface area contributed by atoms with Crippen LogP contribution in [0.1, 0.15) is 28.4 Å². The minimum Gasteiger partial charge on any atom is -0.497 e. The van der Waals surface area contributed by atoms with Gasteiger partial charge in [0.15, 0.2) is 12.4 Å². The quantitative estimate of drug-likeness (QED) is 0.443. The maximum Gasteiger partial charge on any atom is 0.331 e. The lowest BCUT2D eigenvalue weighted by atomic mass is 10.1. The molecule has 4 nitrogen and oxygen atoms in total. The summed E-state index contributed by atoms with van der Waals surface area (Å²) < 4.78 is 10.1. The van der Waals surface area contributed by atoms with Gasteiger partial charge in [0.1, 0.15) is 5.75 Å². The maximum absolute atomic E-state index is 12.0. The number of ether oxygens (including phenoxy) is 2. The largest absolute Gasteiger partial charge is 0.497 e. The van der Waals surface area contributed by atoms with Gasteiger partial charge in [-0.05, 0) is 35.8 Å². The van der Waals surface area contributed by atoms with Crippen LogP contribution in [-0.4, -0.2) is 25.5 Å². The highest BCUT2D eigenvalue weighted by Gasteiger charge is 2.08. The Bertz CT molecular complexity index is 730. The van der Waals surface area contributed by atoms with Gasteiger partial charge < -0.3 is 9.47 Å². The second-order valence-corrected chi connectivity index (χ2v) is 5.19. The zero-order chi connectivity index (χ0) is 17.4. The van der Waals surface area contributed by atoms with E-state index in [4.69, 9.17) is 9.47 Å². The number of rotatable bonds is 7. The second-order valence-electron chi connectivity index (χ2n) is 5.19. The summed E-state index contributed by atoms with van der Waals surface area (Å²) in [6.45, 7) is 1.78. The zero-order valence-electron chi connectivity index (χ0n) is 13.8.